The summed E-state index contributed by atoms with van der Waals surface area (Å²) in [5.41, 5.74) is 7.38. The topological polar surface area (TPSA) is 16.4 Å². The van der Waals surface area contributed by atoms with Gasteiger partial charge in [-0.25, -0.2) is 0 Å². The van der Waals surface area contributed by atoms with Gasteiger partial charge in [0, 0.05) is 33.5 Å². The molecule has 9 aromatic carbocycles. The highest BCUT2D eigenvalue weighted by molar-refractivity contribution is 6.23. The fourth-order valence-electron chi connectivity index (χ4n) is 7.66. The third-order valence-corrected chi connectivity index (χ3v) is 9.80. The molecule has 1 heterocycles. The molecular weight excluding hydrogens is 583 g/mol. The van der Waals surface area contributed by atoms with Crippen LogP contribution in [0.3, 0.4) is 0 Å². The molecule has 2 heteroatoms. The first kappa shape index (κ1) is 26.8. The van der Waals surface area contributed by atoms with Crippen molar-refractivity contribution in [3.63, 3.8) is 0 Å². The predicted molar refractivity (Wildman–Crippen MR) is 204 cm³/mol. The van der Waals surface area contributed by atoms with Crippen molar-refractivity contribution in [1.29, 1.82) is 0 Å². The van der Waals surface area contributed by atoms with Gasteiger partial charge in [-0.1, -0.05) is 146 Å². The molecule has 0 unspecified atom stereocenters. The van der Waals surface area contributed by atoms with Crippen LogP contribution < -0.4 is 4.90 Å². The Bertz CT molecular complexity index is 2850. The Morgan fingerprint density at radius 3 is 1.88 bits per heavy atom. The maximum absolute atomic E-state index is 6.57. The number of hydrogen-bond acceptors (Lipinski definition) is 2. The van der Waals surface area contributed by atoms with Crippen molar-refractivity contribution in [3.8, 4) is 11.1 Å². The molecule has 0 radical (unpaired) electrons. The first-order valence-electron chi connectivity index (χ1n) is 16.4. The van der Waals surface area contributed by atoms with E-state index in [1.807, 2.05) is 6.07 Å². The van der Waals surface area contributed by atoms with Gasteiger partial charge in [0.05, 0.1) is 11.4 Å². The molecule has 224 valence electrons. The highest BCUT2D eigenvalue weighted by atomic mass is 16.3. The van der Waals surface area contributed by atoms with Crippen molar-refractivity contribution >= 4 is 82.1 Å². The second-order valence-electron chi connectivity index (χ2n) is 12.5. The molecular formula is C46H29NO. The molecule has 2 nitrogen and oxygen atoms in total. The summed E-state index contributed by atoms with van der Waals surface area (Å²) in [5.74, 6) is 0. The minimum absolute atomic E-state index is 0.880. The summed E-state index contributed by atoms with van der Waals surface area (Å²) in [4.78, 5) is 2.42. The molecule has 0 spiro atoms. The average Bonchev–Trinajstić information content (AvgIpc) is 3.54. The molecule has 0 atom stereocenters. The van der Waals surface area contributed by atoms with Gasteiger partial charge in [-0.15, -0.1) is 0 Å². The van der Waals surface area contributed by atoms with E-state index in [0.29, 0.717) is 0 Å². The van der Waals surface area contributed by atoms with Crippen LogP contribution in [-0.2, 0) is 0 Å². The molecule has 0 bridgehead atoms. The first-order chi connectivity index (χ1) is 23.8. The van der Waals surface area contributed by atoms with E-state index in [1.165, 1.54) is 48.7 Å². The Morgan fingerprint density at radius 1 is 0.354 bits per heavy atom. The molecule has 0 fully saturated rings. The molecule has 0 aliphatic carbocycles. The minimum atomic E-state index is 0.880. The molecule has 10 rings (SSSR count). The largest absolute Gasteiger partial charge is 0.456 e. The van der Waals surface area contributed by atoms with Gasteiger partial charge < -0.3 is 9.32 Å². The zero-order chi connectivity index (χ0) is 31.6. The molecule has 0 N–H and O–H groups in total. The first-order valence-corrected chi connectivity index (χ1v) is 16.4. The van der Waals surface area contributed by atoms with Gasteiger partial charge in [0.15, 0.2) is 0 Å². The molecule has 10 aromatic rings. The summed E-state index contributed by atoms with van der Waals surface area (Å²) in [5, 5.41) is 12.2. The number of furan rings is 1. The van der Waals surface area contributed by atoms with Crippen molar-refractivity contribution < 1.29 is 4.42 Å². The van der Waals surface area contributed by atoms with E-state index in [9.17, 15) is 0 Å². The lowest BCUT2D eigenvalue weighted by atomic mass is 9.95. The van der Waals surface area contributed by atoms with Gasteiger partial charge in [0.2, 0.25) is 0 Å². The predicted octanol–water partition coefficient (Wildman–Crippen LogP) is 13.3. The SMILES string of the molecule is c1ccc(-c2ccccc2N(c2ccc3c(ccc4ccc5ccccc5c43)c2)c2cc3oc4ccccc4c3c3ccccc23)cc1. The maximum Gasteiger partial charge on any atom is 0.138 e. The fourth-order valence-corrected chi connectivity index (χ4v) is 7.66. The van der Waals surface area contributed by atoms with Gasteiger partial charge in [-0.3, -0.25) is 0 Å². The molecule has 1 aromatic heterocycles. The van der Waals surface area contributed by atoms with Crippen LogP contribution in [0.25, 0.3) is 76.2 Å². The lowest BCUT2D eigenvalue weighted by Gasteiger charge is -2.29. The van der Waals surface area contributed by atoms with Crippen molar-refractivity contribution in [2.45, 2.75) is 0 Å². The summed E-state index contributed by atoms with van der Waals surface area (Å²) in [6.07, 6.45) is 0. The third kappa shape index (κ3) is 4.06. The van der Waals surface area contributed by atoms with E-state index in [1.54, 1.807) is 0 Å². The third-order valence-electron chi connectivity index (χ3n) is 9.80. The monoisotopic (exact) mass is 611 g/mol. The number of benzene rings is 9. The lowest BCUT2D eigenvalue weighted by molar-refractivity contribution is 0.669. The number of rotatable bonds is 4. The number of hydrogen-bond donors (Lipinski definition) is 0. The number of para-hydroxylation sites is 2. The van der Waals surface area contributed by atoms with Crippen LogP contribution in [0, 0.1) is 0 Å². The van der Waals surface area contributed by atoms with Gasteiger partial charge >= 0.3 is 0 Å². The summed E-state index contributed by atoms with van der Waals surface area (Å²) < 4.78 is 6.57. The number of nitrogens with zero attached hydrogens (tertiary/aromatic N) is 1. The Kier molecular flexibility index (Phi) is 5.91. The van der Waals surface area contributed by atoms with E-state index in [2.05, 4.69) is 175 Å². The fraction of sp³-hybridized carbons (Fsp3) is 0. The van der Waals surface area contributed by atoms with E-state index < -0.39 is 0 Å². The normalized spacial score (nSPS) is 11.8. The molecule has 0 saturated carbocycles. The molecule has 0 saturated heterocycles. The number of anilines is 3. The van der Waals surface area contributed by atoms with Crippen molar-refractivity contribution in [1.82, 2.24) is 0 Å². The van der Waals surface area contributed by atoms with Crippen molar-refractivity contribution in [2.24, 2.45) is 0 Å². The van der Waals surface area contributed by atoms with Crippen LogP contribution in [0.4, 0.5) is 17.1 Å². The van der Waals surface area contributed by atoms with Gasteiger partial charge in [0.25, 0.3) is 0 Å². The zero-order valence-corrected chi connectivity index (χ0v) is 26.1. The van der Waals surface area contributed by atoms with E-state index in [4.69, 9.17) is 4.42 Å². The van der Waals surface area contributed by atoms with Crippen LogP contribution in [-0.4, -0.2) is 0 Å². The van der Waals surface area contributed by atoms with Crippen LogP contribution in [0.5, 0.6) is 0 Å². The Labute approximate surface area is 277 Å². The van der Waals surface area contributed by atoms with E-state index in [-0.39, 0.29) is 0 Å². The average molecular weight is 612 g/mol. The molecule has 48 heavy (non-hydrogen) atoms. The minimum Gasteiger partial charge on any atom is -0.456 e. The summed E-state index contributed by atoms with van der Waals surface area (Å²) >= 11 is 0. The van der Waals surface area contributed by atoms with Crippen molar-refractivity contribution in [2.75, 3.05) is 4.90 Å². The summed E-state index contributed by atoms with van der Waals surface area (Å²) in [7, 11) is 0. The van der Waals surface area contributed by atoms with E-state index >= 15 is 0 Å². The van der Waals surface area contributed by atoms with Gasteiger partial charge in [0.1, 0.15) is 11.2 Å². The standard InChI is InChI=1S/C46H29NO/c1-2-12-30(13-3-1)35-15-8-10-20-41(35)47(42-29-44-46(39-18-7-6-17-38(39)42)40-19-9-11-21-43(40)48-44)34-26-27-37-33(28-34)25-24-32-23-22-31-14-4-5-16-36(31)45(32)37/h1-29H. The Hall–Kier alpha value is -6.38. The Balaban J connectivity index is 1.30. The molecule has 0 aliphatic rings. The quantitative estimate of drug-likeness (QED) is 0.184. The summed E-state index contributed by atoms with van der Waals surface area (Å²) in [6.45, 7) is 0. The molecule has 0 amide bonds. The van der Waals surface area contributed by atoms with Crippen LogP contribution >= 0.6 is 0 Å². The second kappa shape index (κ2) is 10.6. The van der Waals surface area contributed by atoms with Crippen molar-refractivity contribution in [3.05, 3.63) is 176 Å². The van der Waals surface area contributed by atoms with Crippen LogP contribution in [0.1, 0.15) is 0 Å². The molecule has 0 aliphatic heterocycles. The van der Waals surface area contributed by atoms with Gasteiger partial charge in [-0.05, 0) is 67.5 Å². The van der Waals surface area contributed by atoms with Gasteiger partial charge in [-0.2, -0.15) is 0 Å². The van der Waals surface area contributed by atoms with Crippen LogP contribution in [0.2, 0.25) is 0 Å². The second-order valence-corrected chi connectivity index (χ2v) is 12.5. The lowest BCUT2D eigenvalue weighted by Crippen LogP contribution is -2.12. The maximum atomic E-state index is 6.57. The number of fused-ring (bicyclic) bond motifs is 10. The Morgan fingerprint density at radius 2 is 1.00 bits per heavy atom. The zero-order valence-electron chi connectivity index (χ0n) is 26.1. The van der Waals surface area contributed by atoms with E-state index in [0.717, 1.165) is 44.6 Å². The summed E-state index contributed by atoms with van der Waals surface area (Å²) in [6, 6.07) is 63.3. The highest BCUT2D eigenvalue weighted by Crippen LogP contribution is 2.47. The van der Waals surface area contributed by atoms with Crippen LogP contribution in [0.15, 0.2) is 180 Å². The highest BCUT2D eigenvalue weighted by Gasteiger charge is 2.22. The smallest absolute Gasteiger partial charge is 0.138 e.